The summed E-state index contributed by atoms with van der Waals surface area (Å²) in [6.07, 6.45) is 5.23. The highest BCUT2D eigenvalue weighted by atomic mass is 16.5. The van der Waals surface area contributed by atoms with Crippen LogP contribution in [-0.2, 0) is 11.3 Å². The zero-order chi connectivity index (χ0) is 16.2. The van der Waals surface area contributed by atoms with Gasteiger partial charge in [0, 0.05) is 13.6 Å². The highest BCUT2D eigenvalue weighted by molar-refractivity contribution is 5.85. The molecule has 1 N–H and O–H groups in total. The number of ether oxygens (including phenoxy) is 1. The molecule has 4 nitrogen and oxygen atoms in total. The summed E-state index contributed by atoms with van der Waals surface area (Å²) >= 11 is 0. The molecule has 0 saturated heterocycles. The first kappa shape index (κ1) is 16.8. The molecule has 1 amide bonds. The number of benzene rings is 1. The van der Waals surface area contributed by atoms with Gasteiger partial charge in [0.25, 0.3) is 0 Å². The number of likely N-dealkylation sites (N-methyl/N-ethyl adjacent to an activating group) is 2. The fourth-order valence-electron chi connectivity index (χ4n) is 2.87. The van der Waals surface area contributed by atoms with E-state index in [2.05, 4.69) is 22.3 Å². The molecule has 22 heavy (non-hydrogen) atoms. The fraction of sp³-hybridized carbons (Fsp3) is 0.611. The normalized spacial score (nSPS) is 16.0. The molecule has 0 radical (unpaired) electrons. The molecule has 0 bridgehead atoms. The van der Waals surface area contributed by atoms with Crippen molar-refractivity contribution in [2.45, 2.75) is 57.7 Å². The van der Waals surface area contributed by atoms with E-state index in [1.807, 2.05) is 33.0 Å². The van der Waals surface area contributed by atoms with Crippen molar-refractivity contribution in [2.75, 3.05) is 14.1 Å². The molecule has 0 atom stereocenters. The van der Waals surface area contributed by atoms with Crippen LogP contribution in [0.25, 0.3) is 0 Å². The Hall–Kier alpha value is -1.55. The van der Waals surface area contributed by atoms with E-state index in [0.29, 0.717) is 12.6 Å². The first-order valence-corrected chi connectivity index (χ1v) is 8.12. The monoisotopic (exact) mass is 304 g/mol. The summed E-state index contributed by atoms with van der Waals surface area (Å²) in [5.74, 6) is 0.962. The van der Waals surface area contributed by atoms with Gasteiger partial charge in [-0.25, -0.2) is 0 Å². The Morgan fingerprint density at radius 2 is 2.05 bits per heavy atom. The molecule has 1 saturated carbocycles. The number of nitrogens with one attached hydrogen (secondary N) is 1. The summed E-state index contributed by atoms with van der Waals surface area (Å²) < 4.78 is 6.05. The maximum atomic E-state index is 12.0. The number of carbonyl (C=O) groups excluding carboxylic acids is 1. The third-order valence-corrected chi connectivity index (χ3v) is 4.66. The van der Waals surface area contributed by atoms with Gasteiger partial charge in [-0.1, -0.05) is 12.1 Å². The van der Waals surface area contributed by atoms with Gasteiger partial charge in [0.05, 0.1) is 11.6 Å². The third kappa shape index (κ3) is 4.01. The predicted molar refractivity (Wildman–Crippen MR) is 88.9 cm³/mol. The van der Waals surface area contributed by atoms with Gasteiger partial charge in [0.1, 0.15) is 5.75 Å². The lowest BCUT2D eigenvalue weighted by atomic mass is 10.0. The molecular weight excluding hydrogens is 276 g/mol. The van der Waals surface area contributed by atoms with Crippen LogP contribution in [-0.4, -0.2) is 36.5 Å². The molecular formula is C18H28N2O2. The molecule has 0 unspecified atom stereocenters. The second-order valence-electron chi connectivity index (χ2n) is 6.67. The van der Waals surface area contributed by atoms with Crippen LogP contribution in [0.4, 0.5) is 0 Å². The van der Waals surface area contributed by atoms with Gasteiger partial charge >= 0.3 is 0 Å². The molecule has 1 aliphatic rings. The molecule has 0 aromatic heterocycles. The molecule has 0 heterocycles. The van der Waals surface area contributed by atoms with Gasteiger partial charge in [0.2, 0.25) is 5.91 Å². The van der Waals surface area contributed by atoms with Crippen LogP contribution in [0, 0.1) is 0 Å². The summed E-state index contributed by atoms with van der Waals surface area (Å²) in [6.45, 7) is 4.58. The van der Waals surface area contributed by atoms with E-state index >= 15 is 0 Å². The number of carbonyl (C=O) groups is 1. The highest BCUT2D eigenvalue weighted by Gasteiger charge is 2.31. The molecule has 1 aliphatic carbocycles. The maximum absolute atomic E-state index is 12.0. The topological polar surface area (TPSA) is 41.6 Å². The van der Waals surface area contributed by atoms with Crippen molar-refractivity contribution < 1.29 is 9.53 Å². The average molecular weight is 304 g/mol. The van der Waals surface area contributed by atoms with Gasteiger partial charge in [0.15, 0.2) is 0 Å². The summed E-state index contributed by atoms with van der Waals surface area (Å²) in [6, 6.07) is 8.22. The lowest BCUT2D eigenvalue weighted by molar-refractivity contribution is -0.130. The van der Waals surface area contributed by atoms with E-state index in [9.17, 15) is 4.79 Å². The van der Waals surface area contributed by atoms with Crippen LogP contribution >= 0.6 is 0 Å². The molecule has 122 valence electrons. The minimum absolute atomic E-state index is 0.0216. The second kappa shape index (κ2) is 7.14. The molecule has 0 spiro atoms. The van der Waals surface area contributed by atoms with Gasteiger partial charge in [-0.3, -0.25) is 9.69 Å². The predicted octanol–water partition coefficient (Wildman–Crippen LogP) is 2.96. The van der Waals surface area contributed by atoms with Crippen molar-refractivity contribution in [3.05, 3.63) is 29.8 Å². The SMILES string of the molecule is CNC(=O)C(C)(C)N(C)Cc1cccc(OC2CCCC2)c1. The maximum Gasteiger partial charge on any atom is 0.239 e. The minimum atomic E-state index is -0.545. The number of hydrogen-bond acceptors (Lipinski definition) is 3. The lowest BCUT2D eigenvalue weighted by Crippen LogP contribution is -2.52. The van der Waals surface area contributed by atoms with Crippen molar-refractivity contribution in [1.29, 1.82) is 0 Å². The van der Waals surface area contributed by atoms with Gasteiger partial charge < -0.3 is 10.1 Å². The molecule has 1 aromatic rings. The van der Waals surface area contributed by atoms with Gasteiger partial charge in [-0.2, -0.15) is 0 Å². The van der Waals surface area contributed by atoms with Crippen LogP contribution in [0.2, 0.25) is 0 Å². The highest BCUT2D eigenvalue weighted by Crippen LogP contribution is 2.25. The van der Waals surface area contributed by atoms with E-state index in [-0.39, 0.29) is 5.91 Å². The standard InChI is InChI=1S/C18H28N2O2/c1-18(2,17(21)19-3)20(4)13-14-8-7-11-16(12-14)22-15-9-5-6-10-15/h7-8,11-12,15H,5-6,9-10,13H2,1-4H3,(H,19,21). The average Bonchev–Trinajstić information content (AvgIpc) is 2.99. The quantitative estimate of drug-likeness (QED) is 0.878. The zero-order valence-corrected chi connectivity index (χ0v) is 14.2. The van der Waals surface area contributed by atoms with Crippen molar-refractivity contribution in [3.63, 3.8) is 0 Å². The summed E-state index contributed by atoms with van der Waals surface area (Å²) in [5.41, 5.74) is 0.617. The smallest absolute Gasteiger partial charge is 0.239 e. The van der Waals surface area contributed by atoms with Gasteiger partial charge in [-0.15, -0.1) is 0 Å². The number of hydrogen-bond donors (Lipinski definition) is 1. The Morgan fingerprint density at radius 3 is 2.68 bits per heavy atom. The van der Waals surface area contributed by atoms with Crippen molar-refractivity contribution >= 4 is 5.91 Å². The largest absolute Gasteiger partial charge is 0.490 e. The Morgan fingerprint density at radius 1 is 1.36 bits per heavy atom. The molecule has 1 fully saturated rings. The van der Waals surface area contributed by atoms with Crippen molar-refractivity contribution in [2.24, 2.45) is 0 Å². The van der Waals surface area contributed by atoms with Crippen LogP contribution in [0.15, 0.2) is 24.3 Å². The van der Waals surface area contributed by atoms with Crippen LogP contribution in [0.1, 0.15) is 45.1 Å². The summed E-state index contributed by atoms with van der Waals surface area (Å²) in [4.78, 5) is 14.0. The Labute approximate surface area is 133 Å². The number of amides is 1. The van der Waals surface area contributed by atoms with E-state index in [1.165, 1.54) is 12.8 Å². The molecule has 4 heteroatoms. The fourth-order valence-corrected chi connectivity index (χ4v) is 2.87. The lowest BCUT2D eigenvalue weighted by Gasteiger charge is -2.33. The minimum Gasteiger partial charge on any atom is -0.490 e. The van der Waals surface area contributed by atoms with Crippen LogP contribution < -0.4 is 10.1 Å². The summed E-state index contributed by atoms with van der Waals surface area (Å²) in [5, 5.41) is 2.73. The number of rotatable bonds is 6. The molecule has 2 rings (SSSR count). The van der Waals surface area contributed by atoms with Crippen molar-refractivity contribution in [1.82, 2.24) is 10.2 Å². The van der Waals surface area contributed by atoms with Crippen molar-refractivity contribution in [3.8, 4) is 5.75 Å². The van der Waals surface area contributed by atoms with E-state index in [0.717, 1.165) is 24.2 Å². The van der Waals surface area contributed by atoms with E-state index in [1.54, 1.807) is 7.05 Å². The first-order chi connectivity index (χ1) is 10.4. The van der Waals surface area contributed by atoms with E-state index in [4.69, 9.17) is 4.74 Å². The Balaban J connectivity index is 2.01. The number of nitrogens with zero attached hydrogens (tertiary/aromatic N) is 1. The van der Waals surface area contributed by atoms with Crippen LogP contribution in [0.3, 0.4) is 0 Å². The second-order valence-corrected chi connectivity index (χ2v) is 6.67. The van der Waals surface area contributed by atoms with Gasteiger partial charge in [-0.05, 0) is 64.3 Å². The third-order valence-electron chi connectivity index (χ3n) is 4.66. The Bertz CT molecular complexity index is 508. The summed E-state index contributed by atoms with van der Waals surface area (Å²) in [7, 11) is 3.65. The molecule has 0 aliphatic heterocycles. The van der Waals surface area contributed by atoms with Crippen LogP contribution in [0.5, 0.6) is 5.75 Å². The first-order valence-electron chi connectivity index (χ1n) is 8.12. The zero-order valence-electron chi connectivity index (χ0n) is 14.2. The van der Waals surface area contributed by atoms with E-state index < -0.39 is 5.54 Å². The Kier molecular flexibility index (Phi) is 5.46. The molecule has 1 aromatic carbocycles.